The molecule has 0 unspecified atom stereocenters. The summed E-state index contributed by atoms with van der Waals surface area (Å²) in [5.41, 5.74) is 3.43. The Balaban J connectivity index is 2.08. The molecule has 0 saturated heterocycles. The second-order valence-electron chi connectivity index (χ2n) is 4.27. The zero-order valence-corrected chi connectivity index (χ0v) is 12.5. The SMILES string of the molecule is Cc1cccc(CNc2ccc([N+](=O)[O-])c(I)c2)c1. The predicted octanol–water partition coefficient (Wildman–Crippen LogP) is 4.12. The summed E-state index contributed by atoms with van der Waals surface area (Å²) in [6, 6.07) is 13.3. The maximum absolute atomic E-state index is 10.7. The number of nitro groups is 1. The molecule has 0 aliphatic rings. The minimum absolute atomic E-state index is 0.140. The first-order chi connectivity index (χ1) is 9.06. The van der Waals surface area contributed by atoms with Crippen LogP contribution >= 0.6 is 22.6 Å². The quantitative estimate of drug-likeness (QED) is 0.502. The molecule has 1 N–H and O–H groups in total. The van der Waals surface area contributed by atoms with E-state index >= 15 is 0 Å². The van der Waals surface area contributed by atoms with Gasteiger partial charge in [-0.05, 0) is 47.2 Å². The standard InChI is InChI=1S/C14H13IN2O2/c1-10-3-2-4-11(7-10)9-16-12-5-6-14(17(18)19)13(15)8-12/h2-8,16H,9H2,1H3. The summed E-state index contributed by atoms with van der Waals surface area (Å²) in [7, 11) is 0. The van der Waals surface area contributed by atoms with Gasteiger partial charge in [-0.25, -0.2) is 0 Å². The van der Waals surface area contributed by atoms with Crippen molar-refractivity contribution in [3.8, 4) is 0 Å². The Morgan fingerprint density at radius 2 is 2.05 bits per heavy atom. The third kappa shape index (κ3) is 3.66. The van der Waals surface area contributed by atoms with Crippen LogP contribution in [-0.4, -0.2) is 4.92 Å². The molecular weight excluding hydrogens is 355 g/mol. The Morgan fingerprint density at radius 3 is 2.68 bits per heavy atom. The van der Waals surface area contributed by atoms with Gasteiger partial charge in [0.1, 0.15) is 0 Å². The first kappa shape index (κ1) is 13.8. The number of hydrogen-bond acceptors (Lipinski definition) is 3. The molecule has 2 rings (SSSR count). The number of anilines is 1. The van der Waals surface area contributed by atoms with Crippen LogP contribution in [0, 0.1) is 20.6 Å². The molecule has 2 aromatic carbocycles. The van der Waals surface area contributed by atoms with Gasteiger partial charge >= 0.3 is 0 Å². The summed E-state index contributed by atoms with van der Waals surface area (Å²) in [6.45, 7) is 2.76. The van der Waals surface area contributed by atoms with Gasteiger partial charge in [-0.3, -0.25) is 10.1 Å². The smallest absolute Gasteiger partial charge is 0.282 e. The van der Waals surface area contributed by atoms with E-state index in [1.54, 1.807) is 12.1 Å². The lowest BCUT2D eigenvalue weighted by Crippen LogP contribution is -2.00. The van der Waals surface area contributed by atoms with Gasteiger partial charge in [-0.15, -0.1) is 0 Å². The van der Waals surface area contributed by atoms with E-state index in [4.69, 9.17) is 0 Å². The highest BCUT2D eigenvalue weighted by Crippen LogP contribution is 2.24. The number of benzene rings is 2. The van der Waals surface area contributed by atoms with Crippen LogP contribution in [0.3, 0.4) is 0 Å². The summed E-state index contributed by atoms with van der Waals surface area (Å²) < 4.78 is 0.636. The van der Waals surface area contributed by atoms with Crippen LogP contribution < -0.4 is 5.32 Å². The van der Waals surface area contributed by atoms with Crippen molar-refractivity contribution in [1.29, 1.82) is 0 Å². The molecule has 0 heterocycles. The molecule has 5 heteroatoms. The molecule has 19 heavy (non-hydrogen) atoms. The third-order valence-electron chi connectivity index (χ3n) is 2.72. The minimum atomic E-state index is -0.369. The van der Waals surface area contributed by atoms with Crippen molar-refractivity contribution in [2.24, 2.45) is 0 Å². The van der Waals surface area contributed by atoms with Gasteiger partial charge in [-0.1, -0.05) is 29.8 Å². The topological polar surface area (TPSA) is 55.2 Å². The van der Waals surface area contributed by atoms with Gasteiger partial charge in [0.05, 0.1) is 8.49 Å². The largest absolute Gasteiger partial charge is 0.381 e. The maximum atomic E-state index is 10.7. The molecule has 98 valence electrons. The van der Waals surface area contributed by atoms with Crippen molar-refractivity contribution in [2.75, 3.05) is 5.32 Å². The molecule has 0 bridgehead atoms. The Morgan fingerprint density at radius 1 is 1.26 bits per heavy atom. The number of halogens is 1. The van der Waals surface area contributed by atoms with Gasteiger partial charge in [0, 0.05) is 18.3 Å². The second-order valence-corrected chi connectivity index (χ2v) is 5.43. The molecule has 4 nitrogen and oxygen atoms in total. The molecule has 0 spiro atoms. The van der Waals surface area contributed by atoms with Crippen LogP contribution in [0.25, 0.3) is 0 Å². The summed E-state index contributed by atoms with van der Waals surface area (Å²) in [5, 5.41) is 14.0. The highest BCUT2D eigenvalue weighted by molar-refractivity contribution is 14.1. The molecule has 0 atom stereocenters. The van der Waals surface area contributed by atoms with E-state index in [1.807, 2.05) is 28.7 Å². The number of aryl methyl sites for hydroxylation is 1. The molecule has 0 aromatic heterocycles. The fourth-order valence-corrected chi connectivity index (χ4v) is 2.50. The maximum Gasteiger partial charge on any atom is 0.282 e. The van der Waals surface area contributed by atoms with Crippen molar-refractivity contribution < 1.29 is 4.92 Å². The molecule has 0 radical (unpaired) electrons. The van der Waals surface area contributed by atoms with Crippen LogP contribution in [0.1, 0.15) is 11.1 Å². The number of hydrogen-bond donors (Lipinski definition) is 1. The summed E-state index contributed by atoms with van der Waals surface area (Å²) >= 11 is 1.98. The van der Waals surface area contributed by atoms with Crippen LogP contribution in [0.5, 0.6) is 0 Å². The Bertz CT molecular complexity index is 614. The fourth-order valence-electron chi connectivity index (χ4n) is 1.79. The zero-order valence-electron chi connectivity index (χ0n) is 10.4. The van der Waals surface area contributed by atoms with Crippen molar-refractivity contribution in [3.63, 3.8) is 0 Å². The molecule has 0 aliphatic carbocycles. The predicted molar refractivity (Wildman–Crippen MR) is 84.3 cm³/mol. The van der Waals surface area contributed by atoms with Crippen LogP contribution in [-0.2, 0) is 6.54 Å². The summed E-state index contributed by atoms with van der Waals surface area (Å²) in [6.07, 6.45) is 0. The van der Waals surface area contributed by atoms with Gasteiger partial charge < -0.3 is 5.32 Å². The molecule has 0 amide bonds. The summed E-state index contributed by atoms with van der Waals surface area (Å²) in [4.78, 5) is 10.4. The third-order valence-corrected chi connectivity index (χ3v) is 3.59. The van der Waals surface area contributed by atoms with Crippen molar-refractivity contribution >= 4 is 34.0 Å². The number of nitrogens with one attached hydrogen (secondary N) is 1. The minimum Gasteiger partial charge on any atom is -0.381 e. The molecule has 0 saturated carbocycles. The normalized spacial score (nSPS) is 10.2. The van der Waals surface area contributed by atoms with E-state index < -0.39 is 0 Å². The average molecular weight is 368 g/mol. The Labute approximate surface area is 125 Å². The first-order valence-electron chi connectivity index (χ1n) is 5.79. The summed E-state index contributed by atoms with van der Waals surface area (Å²) in [5.74, 6) is 0. The average Bonchev–Trinajstić information content (AvgIpc) is 2.36. The van der Waals surface area contributed by atoms with E-state index in [-0.39, 0.29) is 10.6 Å². The second kappa shape index (κ2) is 6.01. The van der Waals surface area contributed by atoms with Crippen molar-refractivity contribution in [1.82, 2.24) is 0 Å². The lowest BCUT2D eigenvalue weighted by atomic mass is 10.1. The number of nitrogens with zero attached hydrogens (tertiary/aromatic N) is 1. The molecule has 0 aliphatic heterocycles. The zero-order chi connectivity index (χ0) is 13.8. The van der Waals surface area contributed by atoms with Crippen molar-refractivity contribution in [3.05, 3.63) is 67.3 Å². The Hall–Kier alpha value is -1.63. The van der Waals surface area contributed by atoms with Crippen LogP contribution in [0.15, 0.2) is 42.5 Å². The number of nitro benzene ring substituents is 1. The van der Waals surface area contributed by atoms with Crippen LogP contribution in [0.4, 0.5) is 11.4 Å². The molecular formula is C14H13IN2O2. The van der Waals surface area contributed by atoms with E-state index in [1.165, 1.54) is 17.2 Å². The lowest BCUT2D eigenvalue weighted by Gasteiger charge is -2.07. The lowest BCUT2D eigenvalue weighted by molar-refractivity contribution is -0.385. The van der Waals surface area contributed by atoms with Gasteiger partial charge in [-0.2, -0.15) is 0 Å². The van der Waals surface area contributed by atoms with E-state index in [0.717, 1.165) is 5.69 Å². The van der Waals surface area contributed by atoms with Gasteiger partial charge in [0.2, 0.25) is 0 Å². The highest BCUT2D eigenvalue weighted by Gasteiger charge is 2.11. The fraction of sp³-hybridized carbons (Fsp3) is 0.143. The van der Waals surface area contributed by atoms with E-state index in [9.17, 15) is 10.1 Å². The van der Waals surface area contributed by atoms with Crippen LogP contribution in [0.2, 0.25) is 0 Å². The monoisotopic (exact) mass is 368 g/mol. The first-order valence-corrected chi connectivity index (χ1v) is 6.87. The molecule has 2 aromatic rings. The Kier molecular flexibility index (Phi) is 4.36. The number of rotatable bonds is 4. The van der Waals surface area contributed by atoms with E-state index in [0.29, 0.717) is 10.1 Å². The molecule has 0 fully saturated rings. The highest BCUT2D eigenvalue weighted by atomic mass is 127. The van der Waals surface area contributed by atoms with Gasteiger partial charge in [0.25, 0.3) is 5.69 Å². The van der Waals surface area contributed by atoms with Crippen molar-refractivity contribution in [2.45, 2.75) is 13.5 Å². The van der Waals surface area contributed by atoms with E-state index in [2.05, 4.69) is 30.4 Å². The van der Waals surface area contributed by atoms with Gasteiger partial charge in [0.15, 0.2) is 0 Å².